The molecule has 2 amide bonds. The lowest BCUT2D eigenvalue weighted by atomic mass is 9.98. The Morgan fingerprint density at radius 1 is 1.05 bits per heavy atom. The van der Waals surface area contributed by atoms with Crippen LogP contribution in [0.2, 0.25) is 5.02 Å². The van der Waals surface area contributed by atoms with Gasteiger partial charge in [0.25, 0.3) is 11.8 Å². The molecule has 0 aliphatic rings. The molecule has 12 heteroatoms. The van der Waals surface area contributed by atoms with E-state index in [4.69, 9.17) is 21.5 Å². The third-order valence-electron chi connectivity index (χ3n) is 5.16. The average Bonchev–Trinajstić information content (AvgIpc) is 2.87. The monoisotopic (exact) mass is 540 g/mol. The highest BCUT2D eigenvalue weighted by Gasteiger charge is 2.19. The van der Waals surface area contributed by atoms with Gasteiger partial charge in [-0.2, -0.15) is 5.26 Å². The van der Waals surface area contributed by atoms with E-state index < -0.39 is 34.2 Å². The number of halogens is 1. The van der Waals surface area contributed by atoms with Crippen molar-refractivity contribution in [3.63, 3.8) is 0 Å². The fourth-order valence-corrected chi connectivity index (χ4v) is 4.11. The van der Waals surface area contributed by atoms with Crippen LogP contribution in [0.15, 0.2) is 59.5 Å². The number of rotatable bonds is 8. The summed E-state index contributed by atoms with van der Waals surface area (Å²) in [6, 6.07) is 14.2. The molecule has 0 aliphatic carbocycles. The second-order valence-electron chi connectivity index (χ2n) is 7.82. The van der Waals surface area contributed by atoms with Gasteiger partial charge in [-0.15, -0.1) is 0 Å². The highest BCUT2D eigenvalue weighted by atomic mass is 35.5. The maximum atomic E-state index is 13.3. The lowest BCUT2D eigenvalue weighted by molar-refractivity contribution is -0.118. The van der Waals surface area contributed by atoms with Crippen molar-refractivity contribution < 1.29 is 27.5 Å². The zero-order valence-corrected chi connectivity index (χ0v) is 21.2. The Kier molecular flexibility index (Phi) is 8.29. The number of anilines is 1. The fourth-order valence-electron chi connectivity index (χ4n) is 3.34. The number of carbonyl (C=O) groups is 3. The summed E-state index contributed by atoms with van der Waals surface area (Å²) in [4.78, 5) is 37.8. The van der Waals surface area contributed by atoms with Crippen molar-refractivity contribution >= 4 is 44.9 Å². The average molecular weight is 541 g/mol. The van der Waals surface area contributed by atoms with Crippen LogP contribution in [-0.2, 0) is 14.8 Å². The van der Waals surface area contributed by atoms with Gasteiger partial charge >= 0.3 is 0 Å². The number of nitrogens with zero attached hydrogens (tertiary/aromatic N) is 1. The Labute approximate surface area is 218 Å². The summed E-state index contributed by atoms with van der Waals surface area (Å²) in [5.74, 6) is -1.57. The molecule has 0 aliphatic heterocycles. The number of aryl methyl sites for hydroxylation is 1. The first-order chi connectivity index (χ1) is 17.4. The molecular formula is C25H21ClN4O6S. The van der Waals surface area contributed by atoms with E-state index in [0.29, 0.717) is 11.3 Å². The number of primary sulfonamides is 1. The summed E-state index contributed by atoms with van der Waals surface area (Å²) in [5, 5.41) is 19.7. The third-order valence-corrected chi connectivity index (χ3v) is 6.31. The standard InChI is InChI=1S/C25H21ClN4O6S/c1-14-7-19(37(28,34)35)4-5-21(14)30-23(31)13-36-22-6-3-18(26)11-20(22)24(32)16-8-15(12-27)9-17(10-16)25(33)29-2/h3-11H,13H2,1-2H3,(H,29,33)(H,30,31)(H2,28,34,35). The van der Waals surface area contributed by atoms with Gasteiger partial charge in [0.1, 0.15) is 5.75 Å². The number of nitrogens with two attached hydrogens (primary N) is 1. The highest BCUT2D eigenvalue weighted by molar-refractivity contribution is 7.89. The smallest absolute Gasteiger partial charge is 0.262 e. The Balaban J connectivity index is 1.83. The maximum Gasteiger partial charge on any atom is 0.262 e. The predicted octanol–water partition coefficient (Wildman–Crippen LogP) is 2.78. The van der Waals surface area contributed by atoms with Crippen molar-refractivity contribution in [2.24, 2.45) is 5.14 Å². The van der Waals surface area contributed by atoms with E-state index in [1.54, 1.807) is 6.92 Å². The van der Waals surface area contributed by atoms with Gasteiger partial charge < -0.3 is 15.4 Å². The van der Waals surface area contributed by atoms with Crippen molar-refractivity contribution in [2.45, 2.75) is 11.8 Å². The Morgan fingerprint density at radius 2 is 1.76 bits per heavy atom. The van der Waals surface area contributed by atoms with Gasteiger partial charge in [0.15, 0.2) is 12.4 Å². The first-order valence-electron chi connectivity index (χ1n) is 10.6. The summed E-state index contributed by atoms with van der Waals surface area (Å²) in [5.41, 5.74) is 1.12. The molecule has 10 nitrogen and oxygen atoms in total. The van der Waals surface area contributed by atoms with Crippen LogP contribution in [0.1, 0.15) is 37.4 Å². The zero-order valence-electron chi connectivity index (χ0n) is 19.7. The summed E-state index contributed by atoms with van der Waals surface area (Å²) < 4.78 is 28.6. The van der Waals surface area contributed by atoms with Crippen LogP contribution in [-0.4, -0.2) is 39.7 Å². The quantitative estimate of drug-likeness (QED) is 0.369. The van der Waals surface area contributed by atoms with E-state index in [1.165, 1.54) is 61.6 Å². The SMILES string of the molecule is CNC(=O)c1cc(C#N)cc(C(=O)c2cc(Cl)ccc2OCC(=O)Nc2ccc(S(N)(=O)=O)cc2C)c1. The highest BCUT2D eigenvalue weighted by Crippen LogP contribution is 2.27. The van der Waals surface area contributed by atoms with E-state index in [9.17, 15) is 28.1 Å². The van der Waals surface area contributed by atoms with Gasteiger partial charge in [0.2, 0.25) is 10.0 Å². The molecule has 3 aromatic rings. The molecule has 0 unspecified atom stereocenters. The Bertz CT molecular complexity index is 1560. The molecule has 0 radical (unpaired) electrons. The summed E-state index contributed by atoms with van der Waals surface area (Å²) in [6.45, 7) is 1.11. The van der Waals surface area contributed by atoms with E-state index in [0.717, 1.165) is 0 Å². The molecule has 0 aromatic heterocycles. The topological polar surface area (TPSA) is 168 Å². The third kappa shape index (κ3) is 6.71. The van der Waals surface area contributed by atoms with Crippen LogP contribution in [0.4, 0.5) is 5.69 Å². The van der Waals surface area contributed by atoms with E-state index in [1.807, 2.05) is 6.07 Å². The van der Waals surface area contributed by atoms with Crippen LogP contribution in [0, 0.1) is 18.3 Å². The second-order valence-corrected chi connectivity index (χ2v) is 9.82. The number of hydrogen-bond acceptors (Lipinski definition) is 7. The summed E-state index contributed by atoms with van der Waals surface area (Å²) in [6.07, 6.45) is 0. The minimum absolute atomic E-state index is 0.0203. The summed E-state index contributed by atoms with van der Waals surface area (Å²) in [7, 11) is -2.47. The fraction of sp³-hybridized carbons (Fsp3) is 0.120. The zero-order chi connectivity index (χ0) is 27.3. The molecule has 0 bridgehead atoms. The van der Waals surface area contributed by atoms with Gasteiger partial charge in [-0.1, -0.05) is 11.6 Å². The van der Waals surface area contributed by atoms with E-state index >= 15 is 0 Å². The molecule has 0 fully saturated rings. The molecule has 4 N–H and O–H groups in total. The first-order valence-corrected chi connectivity index (χ1v) is 12.5. The van der Waals surface area contributed by atoms with Gasteiger partial charge in [-0.25, -0.2) is 13.6 Å². The van der Waals surface area contributed by atoms with E-state index in [2.05, 4.69) is 10.6 Å². The lowest BCUT2D eigenvalue weighted by Crippen LogP contribution is -2.22. The number of ketones is 1. The Morgan fingerprint density at radius 3 is 2.38 bits per heavy atom. The molecule has 3 rings (SSSR count). The number of hydrogen-bond donors (Lipinski definition) is 3. The van der Waals surface area contributed by atoms with Crippen LogP contribution in [0.25, 0.3) is 0 Å². The predicted molar refractivity (Wildman–Crippen MR) is 136 cm³/mol. The number of nitriles is 1. The molecule has 0 heterocycles. The van der Waals surface area contributed by atoms with Crippen LogP contribution >= 0.6 is 11.6 Å². The Hall–Kier alpha value is -4.24. The van der Waals surface area contributed by atoms with Crippen molar-refractivity contribution in [3.05, 3.63) is 87.4 Å². The maximum absolute atomic E-state index is 13.3. The number of amides is 2. The van der Waals surface area contributed by atoms with Gasteiger partial charge in [0, 0.05) is 28.9 Å². The van der Waals surface area contributed by atoms with Crippen molar-refractivity contribution in [1.29, 1.82) is 5.26 Å². The largest absolute Gasteiger partial charge is 0.483 e. The van der Waals surface area contributed by atoms with Crippen molar-refractivity contribution in [3.8, 4) is 11.8 Å². The number of nitrogens with one attached hydrogen (secondary N) is 2. The molecule has 0 saturated heterocycles. The minimum atomic E-state index is -3.89. The molecule has 0 spiro atoms. The number of ether oxygens (including phenoxy) is 1. The van der Waals surface area contributed by atoms with Crippen molar-refractivity contribution in [1.82, 2.24) is 5.32 Å². The molecule has 0 atom stereocenters. The minimum Gasteiger partial charge on any atom is -0.483 e. The second kappa shape index (κ2) is 11.2. The molecule has 37 heavy (non-hydrogen) atoms. The van der Waals surface area contributed by atoms with Crippen LogP contribution < -0.4 is 20.5 Å². The molecular weight excluding hydrogens is 520 g/mol. The van der Waals surface area contributed by atoms with Crippen LogP contribution in [0.5, 0.6) is 5.75 Å². The molecule has 0 saturated carbocycles. The number of sulfonamides is 1. The van der Waals surface area contributed by atoms with Crippen molar-refractivity contribution in [2.75, 3.05) is 19.0 Å². The first kappa shape index (κ1) is 27.3. The van der Waals surface area contributed by atoms with Gasteiger partial charge in [-0.05, 0) is 67.1 Å². The number of benzene rings is 3. The molecule has 190 valence electrons. The van der Waals surface area contributed by atoms with Crippen LogP contribution in [0.3, 0.4) is 0 Å². The lowest BCUT2D eigenvalue weighted by Gasteiger charge is -2.13. The van der Waals surface area contributed by atoms with E-state index in [-0.39, 0.29) is 37.9 Å². The summed E-state index contributed by atoms with van der Waals surface area (Å²) >= 11 is 6.09. The normalized spacial score (nSPS) is 10.8. The molecule has 3 aromatic carbocycles. The number of carbonyl (C=O) groups excluding carboxylic acids is 3. The van der Waals surface area contributed by atoms with Gasteiger partial charge in [0.05, 0.1) is 22.1 Å². The van der Waals surface area contributed by atoms with Gasteiger partial charge in [-0.3, -0.25) is 14.4 Å².